The van der Waals surface area contributed by atoms with Gasteiger partial charge in [0.25, 0.3) is 0 Å². The highest BCUT2D eigenvalue weighted by Gasteiger charge is 2.11. The second-order valence-corrected chi connectivity index (χ2v) is 4.88. The molecule has 1 heterocycles. The number of hydrogen-bond acceptors (Lipinski definition) is 4. The van der Waals surface area contributed by atoms with Gasteiger partial charge in [0, 0.05) is 24.4 Å². The molecule has 2 N–H and O–H groups in total. The van der Waals surface area contributed by atoms with E-state index in [1.54, 1.807) is 11.8 Å². The van der Waals surface area contributed by atoms with Crippen LogP contribution in [0, 0.1) is 11.6 Å². The van der Waals surface area contributed by atoms with Crippen LogP contribution in [0.15, 0.2) is 6.07 Å². The normalized spacial score (nSPS) is 12.3. The van der Waals surface area contributed by atoms with Crippen molar-refractivity contribution in [3.8, 4) is 0 Å². The number of rotatable bonds is 6. The van der Waals surface area contributed by atoms with Crippen LogP contribution in [-0.4, -0.2) is 29.6 Å². The number of nitrogens with zero attached hydrogens (tertiary/aromatic N) is 1. The molecule has 6 heteroatoms. The van der Waals surface area contributed by atoms with Gasteiger partial charge in [0.2, 0.25) is 0 Å². The van der Waals surface area contributed by atoms with Gasteiger partial charge in [-0.2, -0.15) is 11.8 Å². The zero-order valence-corrected chi connectivity index (χ0v) is 11.0. The van der Waals surface area contributed by atoms with Crippen molar-refractivity contribution in [2.75, 3.05) is 30.0 Å². The lowest BCUT2D eigenvalue weighted by Crippen LogP contribution is -2.15. The Morgan fingerprint density at radius 2 is 1.88 bits per heavy atom. The van der Waals surface area contributed by atoms with Gasteiger partial charge in [-0.25, -0.2) is 13.8 Å². The minimum Gasteiger partial charge on any atom is -0.368 e. The molecule has 0 aromatic carbocycles. The van der Waals surface area contributed by atoms with Gasteiger partial charge >= 0.3 is 0 Å². The predicted molar refractivity (Wildman–Crippen MR) is 69.8 cm³/mol. The molecule has 1 atom stereocenters. The standard InChI is InChI=1S/C11H17F2N3S/c1-4-14-10-8(12)5-9(13)11(16-10)15-6-7(2)17-3/h5,7H,4,6H2,1-3H3,(H2,14,15,16). The molecule has 0 fully saturated rings. The second-order valence-electron chi connectivity index (χ2n) is 3.61. The van der Waals surface area contributed by atoms with E-state index < -0.39 is 11.6 Å². The summed E-state index contributed by atoms with van der Waals surface area (Å²) in [6, 6.07) is 0.844. The molecule has 0 saturated carbocycles. The van der Waals surface area contributed by atoms with Gasteiger partial charge in [0.15, 0.2) is 23.3 Å². The quantitative estimate of drug-likeness (QED) is 0.825. The van der Waals surface area contributed by atoms with Crippen molar-refractivity contribution in [2.45, 2.75) is 19.1 Å². The highest BCUT2D eigenvalue weighted by atomic mass is 32.2. The molecule has 3 nitrogen and oxygen atoms in total. The summed E-state index contributed by atoms with van der Waals surface area (Å²) < 4.78 is 26.7. The number of hydrogen-bond donors (Lipinski definition) is 2. The molecule has 96 valence electrons. The fourth-order valence-electron chi connectivity index (χ4n) is 1.21. The predicted octanol–water partition coefficient (Wildman–Crippen LogP) is 2.96. The van der Waals surface area contributed by atoms with Crippen molar-refractivity contribution in [1.29, 1.82) is 0 Å². The SMILES string of the molecule is CCNc1nc(NCC(C)SC)c(F)cc1F. The van der Waals surface area contributed by atoms with E-state index in [2.05, 4.69) is 15.6 Å². The van der Waals surface area contributed by atoms with Crippen molar-refractivity contribution >= 4 is 23.4 Å². The van der Waals surface area contributed by atoms with Crippen LogP contribution in [0.2, 0.25) is 0 Å². The molecular weight excluding hydrogens is 244 g/mol. The number of anilines is 2. The van der Waals surface area contributed by atoms with Gasteiger partial charge in [0.05, 0.1) is 0 Å². The Morgan fingerprint density at radius 3 is 2.41 bits per heavy atom. The van der Waals surface area contributed by atoms with E-state index in [1.807, 2.05) is 20.1 Å². The molecular formula is C11H17F2N3S. The molecule has 0 bridgehead atoms. The third-order valence-corrected chi connectivity index (χ3v) is 3.20. The van der Waals surface area contributed by atoms with Crippen LogP contribution in [0.4, 0.5) is 20.4 Å². The van der Waals surface area contributed by atoms with Crippen LogP contribution < -0.4 is 10.6 Å². The Balaban J connectivity index is 2.80. The Morgan fingerprint density at radius 1 is 1.29 bits per heavy atom. The minimum absolute atomic E-state index is 0.0770. The first-order valence-corrected chi connectivity index (χ1v) is 6.73. The van der Waals surface area contributed by atoms with Gasteiger partial charge in [-0.1, -0.05) is 6.92 Å². The highest BCUT2D eigenvalue weighted by molar-refractivity contribution is 7.99. The number of thioether (sulfide) groups is 1. The Hall–Kier alpha value is -1.04. The van der Waals surface area contributed by atoms with Crippen LogP contribution in [-0.2, 0) is 0 Å². The lowest BCUT2D eigenvalue weighted by atomic mass is 10.3. The third kappa shape index (κ3) is 4.03. The number of nitrogens with one attached hydrogen (secondary N) is 2. The summed E-state index contributed by atoms with van der Waals surface area (Å²) in [6.45, 7) is 4.97. The maximum Gasteiger partial charge on any atom is 0.168 e. The molecule has 1 aromatic heterocycles. The highest BCUT2D eigenvalue weighted by Crippen LogP contribution is 2.19. The fraction of sp³-hybridized carbons (Fsp3) is 0.545. The summed E-state index contributed by atoms with van der Waals surface area (Å²) in [5.74, 6) is -1.18. The largest absolute Gasteiger partial charge is 0.368 e. The maximum atomic E-state index is 13.4. The van der Waals surface area contributed by atoms with Gasteiger partial charge in [-0.15, -0.1) is 0 Å². The average Bonchev–Trinajstić information content (AvgIpc) is 2.30. The Bertz CT molecular complexity index is 374. The van der Waals surface area contributed by atoms with Crippen LogP contribution in [0.25, 0.3) is 0 Å². The number of aromatic nitrogens is 1. The van der Waals surface area contributed by atoms with E-state index in [1.165, 1.54) is 0 Å². The molecule has 1 unspecified atom stereocenters. The molecule has 1 rings (SSSR count). The zero-order chi connectivity index (χ0) is 12.8. The fourth-order valence-corrected chi connectivity index (χ4v) is 1.46. The summed E-state index contributed by atoms with van der Waals surface area (Å²) >= 11 is 1.67. The summed E-state index contributed by atoms with van der Waals surface area (Å²) in [7, 11) is 0. The van der Waals surface area contributed by atoms with E-state index in [0.717, 1.165) is 6.07 Å². The van der Waals surface area contributed by atoms with E-state index in [4.69, 9.17) is 0 Å². The van der Waals surface area contributed by atoms with Crippen molar-refractivity contribution in [2.24, 2.45) is 0 Å². The Labute approximate surface area is 104 Å². The first-order chi connectivity index (χ1) is 8.08. The Kier molecular flexibility index (Phi) is 5.47. The zero-order valence-electron chi connectivity index (χ0n) is 10.2. The van der Waals surface area contributed by atoms with E-state index in [-0.39, 0.29) is 11.6 Å². The van der Waals surface area contributed by atoms with E-state index >= 15 is 0 Å². The molecule has 0 aliphatic heterocycles. The molecule has 0 amide bonds. The van der Waals surface area contributed by atoms with Gasteiger partial charge < -0.3 is 10.6 Å². The van der Waals surface area contributed by atoms with Gasteiger partial charge in [-0.3, -0.25) is 0 Å². The first kappa shape index (κ1) is 14.0. The van der Waals surface area contributed by atoms with Crippen molar-refractivity contribution in [3.05, 3.63) is 17.7 Å². The summed E-state index contributed by atoms with van der Waals surface area (Å²) in [4.78, 5) is 3.89. The number of pyridine rings is 1. The summed E-state index contributed by atoms with van der Waals surface area (Å²) in [6.07, 6.45) is 1.98. The van der Waals surface area contributed by atoms with Gasteiger partial charge in [0.1, 0.15) is 0 Å². The van der Waals surface area contributed by atoms with Crippen molar-refractivity contribution < 1.29 is 8.78 Å². The van der Waals surface area contributed by atoms with E-state index in [0.29, 0.717) is 18.3 Å². The van der Waals surface area contributed by atoms with Crippen LogP contribution in [0.5, 0.6) is 0 Å². The monoisotopic (exact) mass is 261 g/mol. The van der Waals surface area contributed by atoms with Crippen LogP contribution >= 0.6 is 11.8 Å². The molecule has 0 radical (unpaired) electrons. The number of halogens is 2. The summed E-state index contributed by atoms with van der Waals surface area (Å²) in [5.41, 5.74) is 0. The maximum absolute atomic E-state index is 13.4. The molecule has 1 aromatic rings. The smallest absolute Gasteiger partial charge is 0.168 e. The topological polar surface area (TPSA) is 37.0 Å². The molecule has 17 heavy (non-hydrogen) atoms. The second kappa shape index (κ2) is 6.64. The average molecular weight is 261 g/mol. The third-order valence-electron chi connectivity index (χ3n) is 2.23. The summed E-state index contributed by atoms with van der Waals surface area (Å²) in [5, 5.41) is 5.96. The van der Waals surface area contributed by atoms with Crippen molar-refractivity contribution in [3.63, 3.8) is 0 Å². The van der Waals surface area contributed by atoms with Crippen molar-refractivity contribution in [1.82, 2.24) is 4.98 Å². The molecule has 0 saturated heterocycles. The molecule has 0 aliphatic rings. The first-order valence-electron chi connectivity index (χ1n) is 5.45. The van der Waals surface area contributed by atoms with Crippen LogP contribution in [0.3, 0.4) is 0 Å². The lowest BCUT2D eigenvalue weighted by Gasteiger charge is -2.12. The molecule has 0 aliphatic carbocycles. The van der Waals surface area contributed by atoms with E-state index in [9.17, 15) is 8.78 Å². The minimum atomic E-state index is -0.673. The van der Waals surface area contributed by atoms with Gasteiger partial charge in [-0.05, 0) is 13.2 Å². The van der Waals surface area contributed by atoms with Crippen LogP contribution in [0.1, 0.15) is 13.8 Å². The molecule has 0 spiro atoms. The lowest BCUT2D eigenvalue weighted by molar-refractivity contribution is 0.578.